The molecule has 0 aliphatic rings. The highest BCUT2D eigenvalue weighted by Gasteiger charge is 2.15. The number of carboxylic acid groups (broad SMARTS) is 1. The van der Waals surface area contributed by atoms with E-state index in [0.717, 1.165) is 32.7 Å². The van der Waals surface area contributed by atoms with Crippen LogP contribution < -0.4 is 0 Å². The molecule has 96 valence electrons. The Morgan fingerprint density at radius 3 is 1.88 bits per heavy atom. The van der Waals surface area contributed by atoms with Crippen molar-refractivity contribution < 1.29 is 9.90 Å². The molecular formula is C12H26N2O2. The molecule has 0 bridgehead atoms. The van der Waals surface area contributed by atoms with Crippen molar-refractivity contribution >= 4 is 5.97 Å². The van der Waals surface area contributed by atoms with Crippen molar-refractivity contribution in [2.75, 3.05) is 39.3 Å². The second-order valence-corrected chi connectivity index (χ2v) is 4.16. The normalized spacial score (nSPS) is 13.4. The molecule has 0 saturated carbocycles. The Hall–Kier alpha value is -0.610. The first-order chi connectivity index (χ1) is 7.54. The first kappa shape index (κ1) is 15.4. The van der Waals surface area contributed by atoms with Gasteiger partial charge in [-0.3, -0.25) is 4.79 Å². The van der Waals surface area contributed by atoms with Crippen LogP contribution in [-0.4, -0.2) is 60.1 Å². The number of hydrogen-bond donors (Lipinski definition) is 1. The quantitative estimate of drug-likeness (QED) is 0.650. The van der Waals surface area contributed by atoms with E-state index in [9.17, 15) is 4.79 Å². The van der Waals surface area contributed by atoms with Crippen molar-refractivity contribution in [1.82, 2.24) is 9.80 Å². The van der Waals surface area contributed by atoms with Crippen LogP contribution in [0.4, 0.5) is 0 Å². The zero-order chi connectivity index (χ0) is 12.6. The summed E-state index contributed by atoms with van der Waals surface area (Å²) in [7, 11) is 0. The Kier molecular flexibility index (Phi) is 8.21. The Morgan fingerprint density at radius 2 is 1.50 bits per heavy atom. The maximum absolute atomic E-state index is 10.8. The van der Waals surface area contributed by atoms with Crippen LogP contribution in [0.1, 0.15) is 27.7 Å². The number of nitrogens with zero attached hydrogens (tertiary/aromatic N) is 2. The van der Waals surface area contributed by atoms with Crippen molar-refractivity contribution in [1.29, 1.82) is 0 Å². The second kappa shape index (κ2) is 8.53. The summed E-state index contributed by atoms with van der Waals surface area (Å²) in [6.45, 7) is 13.8. The van der Waals surface area contributed by atoms with Gasteiger partial charge in [0, 0.05) is 19.6 Å². The first-order valence-corrected chi connectivity index (χ1v) is 6.22. The van der Waals surface area contributed by atoms with E-state index in [2.05, 4.69) is 30.6 Å². The van der Waals surface area contributed by atoms with E-state index in [1.54, 1.807) is 6.92 Å². The lowest BCUT2D eigenvalue weighted by atomic mass is 10.1. The fourth-order valence-corrected chi connectivity index (χ4v) is 1.67. The molecule has 0 spiro atoms. The lowest BCUT2D eigenvalue weighted by Gasteiger charge is -2.26. The summed E-state index contributed by atoms with van der Waals surface area (Å²) in [4.78, 5) is 15.3. The fraction of sp³-hybridized carbons (Fsp3) is 0.917. The van der Waals surface area contributed by atoms with E-state index in [4.69, 9.17) is 5.11 Å². The minimum atomic E-state index is -0.707. The smallest absolute Gasteiger partial charge is 0.307 e. The molecule has 0 aliphatic heterocycles. The van der Waals surface area contributed by atoms with Crippen molar-refractivity contribution in [2.24, 2.45) is 5.92 Å². The van der Waals surface area contributed by atoms with E-state index in [-0.39, 0.29) is 5.92 Å². The number of likely N-dealkylation sites (N-methyl/N-ethyl adjacent to an activating group) is 2. The van der Waals surface area contributed by atoms with Crippen LogP contribution in [0, 0.1) is 5.92 Å². The van der Waals surface area contributed by atoms with Gasteiger partial charge < -0.3 is 14.9 Å². The standard InChI is InChI=1S/C12H26N2O2/c1-5-13(6-2)8-9-14(7-3)10-11(4)12(15)16/h11H,5-10H2,1-4H3,(H,15,16). The molecule has 1 N–H and O–H groups in total. The highest BCUT2D eigenvalue weighted by molar-refractivity contribution is 5.69. The lowest BCUT2D eigenvalue weighted by Crippen LogP contribution is -2.38. The van der Waals surface area contributed by atoms with Crippen LogP contribution in [0.5, 0.6) is 0 Å². The van der Waals surface area contributed by atoms with Gasteiger partial charge in [0.15, 0.2) is 0 Å². The molecule has 0 aliphatic carbocycles. The average molecular weight is 230 g/mol. The maximum atomic E-state index is 10.8. The lowest BCUT2D eigenvalue weighted by molar-refractivity contribution is -0.141. The molecule has 0 aromatic carbocycles. The van der Waals surface area contributed by atoms with Crippen LogP contribution in [0.3, 0.4) is 0 Å². The summed E-state index contributed by atoms with van der Waals surface area (Å²) < 4.78 is 0. The van der Waals surface area contributed by atoms with Gasteiger partial charge in [-0.15, -0.1) is 0 Å². The Labute approximate surface area is 99.2 Å². The monoisotopic (exact) mass is 230 g/mol. The van der Waals surface area contributed by atoms with Crippen LogP contribution in [0.15, 0.2) is 0 Å². The van der Waals surface area contributed by atoms with Gasteiger partial charge in [-0.2, -0.15) is 0 Å². The summed E-state index contributed by atoms with van der Waals surface area (Å²) in [5.74, 6) is -0.988. The van der Waals surface area contributed by atoms with Gasteiger partial charge in [-0.05, 0) is 19.6 Å². The van der Waals surface area contributed by atoms with Crippen LogP contribution in [-0.2, 0) is 4.79 Å². The minimum absolute atomic E-state index is 0.281. The molecule has 0 aromatic heterocycles. The molecule has 4 heteroatoms. The maximum Gasteiger partial charge on any atom is 0.307 e. The van der Waals surface area contributed by atoms with E-state index in [1.165, 1.54) is 0 Å². The Morgan fingerprint density at radius 1 is 1.06 bits per heavy atom. The van der Waals surface area contributed by atoms with Gasteiger partial charge >= 0.3 is 5.97 Å². The van der Waals surface area contributed by atoms with Crippen LogP contribution in [0.25, 0.3) is 0 Å². The summed E-state index contributed by atoms with van der Waals surface area (Å²) in [6.07, 6.45) is 0. The first-order valence-electron chi connectivity index (χ1n) is 6.22. The van der Waals surface area contributed by atoms with E-state index in [1.807, 2.05) is 0 Å². The molecule has 0 amide bonds. The summed E-state index contributed by atoms with van der Waals surface area (Å²) in [6, 6.07) is 0. The van der Waals surface area contributed by atoms with E-state index >= 15 is 0 Å². The molecule has 4 nitrogen and oxygen atoms in total. The molecule has 0 rings (SSSR count). The average Bonchev–Trinajstić information content (AvgIpc) is 2.28. The minimum Gasteiger partial charge on any atom is -0.481 e. The fourth-order valence-electron chi connectivity index (χ4n) is 1.67. The van der Waals surface area contributed by atoms with Crippen molar-refractivity contribution in [3.63, 3.8) is 0 Å². The van der Waals surface area contributed by atoms with Crippen molar-refractivity contribution in [3.8, 4) is 0 Å². The third kappa shape index (κ3) is 6.08. The predicted molar refractivity (Wildman–Crippen MR) is 66.7 cm³/mol. The molecule has 16 heavy (non-hydrogen) atoms. The van der Waals surface area contributed by atoms with Gasteiger partial charge in [-0.25, -0.2) is 0 Å². The Balaban J connectivity index is 3.95. The summed E-state index contributed by atoms with van der Waals surface area (Å²) >= 11 is 0. The molecule has 0 fully saturated rings. The highest BCUT2D eigenvalue weighted by Crippen LogP contribution is 2.00. The van der Waals surface area contributed by atoms with Crippen LogP contribution >= 0.6 is 0 Å². The zero-order valence-corrected chi connectivity index (χ0v) is 11.1. The number of carbonyl (C=O) groups is 1. The van der Waals surface area contributed by atoms with Crippen molar-refractivity contribution in [3.05, 3.63) is 0 Å². The number of rotatable bonds is 9. The highest BCUT2D eigenvalue weighted by atomic mass is 16.4. The molecule has 1 unspecified atom stereocenters. The predicted octanol–water partition coefficient (Wildman–Crippen LogP) is 1.37. The summed E-state index contributed by atoms with van der Waals surface area (Å²) in [5, 5.41) is 8.86. The van der Waals surface area contributed by atoms with Gasteiger partial charge in [0.25, 0.3) is 0 Å². The number of carboxylic acids is 1. The van der Waals surface area contributed by atoms with E-state index in [0.29, 0.717) is 6.54 Å². The third-order valence-electron chi connectivity index (χ3n) is 3.03. The van der Waals surface area contributed by atoms with Gasteiger partial charge in [0.2, 0.25) is 0 Å². The molecule has 1 atom stereocenters. The molecular weight excluding hydrogens is 204 g/mol. The third-order valence-corrected chi connectivity index (χ3v) is 3.03. The second-order valence-electron chi connectivity index (χ2n) is 4.16. The zero-order valence-electron chi connectivity index (χ0n) is 11.1. The Bertz CT molecular complexity index is 193. The molecule has 0 heterocycles. The topological polar surface area (TPSA) is 43.8 Å². The molecule has 0 aromatic rings. The van der Waals surface area contributed by atoms with Gasteiger partial charge in [0.1, 0.15) is 0 Å². The van der Waals surface area contributed by atoms with Gasteiger partial charge in [0.05, 0.1) is 5.92 Å². The number of aliphatic carboxylic acids is 1. The summed E-state index contributed by atoms with van der Waals surface area (Å²) in [5.41, 5.74) is 0. The number of hydrogen-bond acceptors (Lipinski definition) is 3. The van der Waals surface area contributed by atoms with E-state index < -0.39 is 5.97 Å². The van der Waals surface area contributed by atoms with Crippen LogP contribution in [0.2, 0.25) is 0 Å². The van der Waals surface area contributed by atoms with Gasteiger partial charge in [-0.1, -0.05) is 27.7 Å². The molecule has 0 radical (unpaired) electrons. The van der Waals surface area contributed by atoms with Crippen molar-refractivity contribution in [2.45, 2.75) is 27.7 Å². The molecule has 0 saturated heterocycles. The SMILES string of the molecule is CCN(CC)CCN(CC)CC(C)C(=O)O. The largest absolute Gasteiger partial charge is 0.481 e.